The van der Waals surface area contributed by atoms with Gasteiger partial charge in [-0.15, -0.1) is 0 Å². The highest BCUT2D eigenvalue weighted by atomic mass is 15.3. The second-order valence-electron chi connectivity index (χ2n) is 4.54. The number of benzene rings is 1. The number of nitrogens with zero attached hydrogens (tertiary/aromatic N) is 3. The van der Waals surface area contributed by atoms with Crippen molar-refractivity contribution < 1.29 is 0 Å². The molecule has 18 heavy (non-hydrogen) atoms. The fourth-order valence-electron chi connectivity index (χ4n) is 1.85. The van der Waals surface area contributed by atoms with Gasteiger partial charge in [-0.3, -0.25) is 4.68 Å². The number of nitrogen functional groups attached to an aromatic ring is 1. The lowest BCUT2D eigenvalue weighted by Gasteiger charge is -2.16. The summed E-state index contributed by atoms with van der Waals surface area (Å²) in [6, 6.07) is 12.4. The molecule has 0 bridgehead atoms. The summed E-state index contributed by atoms with van der Waals surface area (Å²) in [4.78, 5) is 2.31. The summed E-state index contributed by atoms with van der Waals surface area (Å²) in [5.74, 6) is 0.585. The molecule has 0 unspecified atom stereocenters. The fraction of sp³-hybridized carbons (Fsp3) is 0.357. The molecule has 2 N–H and O–H groups in total. The molecule has 96 valence electrons. The lowest BCUT2D eigenvalue weighted by molar-refractivity contribution is 0.316. The van der Waals surface area contributed by atoms with Gasteiger partial charge in [-0.2, -0.15) is 5.10 Å². The monoisotopic (exact) mass is 244 g/mol. The van der Waals surface area contributed by atoms with Crippen LogP contribution >= 0.6 is 0 Å². The van der Waals surface area contributed by atoms with E-state index in [0.29, 0.717) is 5.82 Å². The molecular weight excluding hydrogens is 224 g/mol. The number of rotatable bonds is 6. The number of hydrogen-bond donors (Lipinski definition) is 1. The average molecular weight is 244 g/mol. The number of aromatic nitrogens is 2. The van der Waals surface area contributed by atoms with E-state index in [9.17, 15) is 0 Å². The minimum Gasteiger partial charge on any atom is -0.382 e. The maximum Gasteiger partial charge on any atom is 0.145 e. The molecule has 4 nitrogen and oxygen atoms in total. The highest BCUT2D eigenvalue weighted by Crippen LogP contribution is 2.01. The van der Waals surface area contributed by atoms with Gasteiger partial charge in [0.25, 0.3) is 0 Å². The molecule has 0 fully saturated rings. The third-order valence-electron chi connectivity index (χ3n) is 3.00. The van der Waals surface area contributed by atoms with Crippen LogP contribution in [0.5, 0.6) is 0 Å². The Morgan fingerprint density at radius 3 is 2.61 bits per heavy atom. The van der Waals surface area contributed by atoms with E-state index in [2.05, 4.69) is 47.4 Å². The average Bonchev–Trinajstić information content (AvgIpc) is 2.81. The fourth-order valence-corrected chi connectivity index (χ4v) is 1.85. The molecule has 0 aliphatic rings. The Morgan fingerprint density at radius 2 is 1.94 bits per heavy atom. The van der Waals surface area contributed by atoms with Crippen molar-refractivity contribution in [1.82, 2.24) is 14.7 Å². The zero-order chi connectivity index (χ0) is 12.8. The van der Waals surface area contributed by atoms with Gasteiger partial charge in [-0.25, -0.2) is 0 Å². The minimum atomic E-state index is 0.585. The van der Waals surface area contributed by atoms with Crippen LogP contribution in [0.1, 0.15) is 5.56 Å². The summed E-state index contributed by atoms with van der Waals surface area (Å²) in [6.45, 7) is 2.91. The van der Waals surface area contributed by atoms with Crippen molar-refractivity contribution in [2.45, 2.75) is 13.0 Å². The first-order chi connectivity index (χ1) is 8.74. The van der Waals surface area contributed by atoms with Gasteiger partial charge in [0.2, 0.25) is 0 Å². The van der Waals surface area contributed by atoms with Gasteiger partial charge >= 0.3 is 0 Å². The first kappa shape index (κ1) is 12.6. The van der Waals surface area contributed by atoms with Gasteiger partial charge in [-0.1, -0.05) is 30.3 Å². The Hall–Kier alpha value is -1.81. The molecule has 2 aromatic rings. The van der Waals surface area contributed by atoms with Crippen LogP contribution in [0.3, 0.4) is 0 Å². The van der Waals surface area contributed by atoms with E-state index in [4.69, 9.17) is 5.73 Å². The van der Waals surface area contributed by atoms with E-state index >= 15 is 0 Å². The molecule has 0 spiro atoms. The second kappa shape index (κ2) is 6.21. The summed E-state index contributed by atoms with van der Waals surface area (Å²) < 4.78 is 1.88. The summed E-state index contributed by atoms with van der Waals surface area (Å²) in [5.41, 5.74) is 6.96. The standard InChI is InChI=1S/C14H20N4/c1-17(9-7-13-5-3-2-4-6-13)11-12-18-10-8-14(15)16-18/h2-6,8,10H,7,9,11-12H2,1H3,(H2,15,16). The lowest BCUT2D eigenvalue weighted by atomic mass is 10.1. The molecule has 0 atom stereocenters. The van der Waals surface area contributed by atoms with Crippen molar-refractivity contribution >= 4 is 5.82 Å². The highest BCUT2D eigenvalue weighted by Gasteiger charge is 2.00. The SMILES string of the molecule is CN(CCc1ccccc1)CCn1ccc(N)n1. The van der Waals surface area contributed by atoms with Gasteiger partial charge in [-0.05, 0) is 25.1 Å². The normalized spacial score (nSPS) is 11.0. The van der Waals surface area contributed by atoms with Crippen LogP contribution in [0.2, 0.25) is 0 Å². The van der Waals surface area contributed by atoms with Gasteiger partial charge in [0, 0.05) is 19.3 Å². The van der Waals surface area contributed by atoms with Gasteiger partial charge in [0.1, 0.15) is 5.82 Å². The second-order valence-corrected chi connectivity index (χ2v) is 4.54. The zero-order valence-electron chi connectivity index (χ0n) is 10.8. The van der Waals surface area contributed by atoms with Crippen LogP contribution in [0.15, 0.2) is 42.6 Å². The lowest BCUT2D eigenvalue weighted by Crippen LogP contribution is -2.25. The quantitative estimate of drug-likeness (QED) is 0.840. The van der Waals surface area contributed by atoms with Crippen LogP contribution in [-0.4, -0.2) is 34.8 Å². The van der Waals surface area contributed by atoms with Crippen LogP contribution in [0, 0.1) is 0 Å². The molecular formula is C14H20N4. The van der Waals surface area contributed by atoms with Gasteiger partial charge in [0.05, 0.1) is 6.54 Å². The smallest absolute Gasteiger partial charge is 0.145 e. The zero-order valence-corrected chi connectivity index (χ0v) is 10.8. The molecule has 0 aliphatic heterocycles. The Bertz CT molecular complexity index is 464. The van der Waals surface area contributed by atoms with Crippen molar-refractivity contribution in [3.8, 4) is 0 Å². The molecule has 1 aromatic heterocycles. The molecule has 2 rings (SSSR count). The summed E-state index contributed by atoms with van der Waals surface area (Å²) in [5, 5.41) is 4.17. The Kier molecular flexibility index (Phi) is 4.36. The first-order valence-corrected chi connectivity index (χ1v) is 6.25. The summed E-state index contributed by atoms with van der Waals surface area (Å²) in [6.07, 6.45) is 3.00. The number of hydrogen-bond acceptors (Lipinski definition) is 3. The van der Waals surface area contributed by atoms with Crippen molar-refractivity contribution in [1.29, 1.82) is 0 Å². The van der Waals surface area contributed by atoms with Gasteiger partial charge in [0.15, 0.2) is 0 Å². The predicted molar refractivity (Wildman–Crippen MR) is 74.3 cm³/mol. The van der Waals surface area contributed by atoms with Gasteiger partial charge < -0.3 is 10.6 Å². The highest BCUT2D eigenvalue weighted by molar-refractivity contribution is 5.23. The van der Waals surface area contributed by atoms with E-state index in [0.717, 1.165) is 26.1 Å². The summed E-state index contributed by atoms with van der Waals surface area (Å²) >= 11 is 0. The third kappa shape index (κ3) is 3.89. The van der Waals surface area contributed by atoms with Crippen molar-refractivity contribution in [2.24, 2.45) is 0 Å². The van der Waals surface area contributed by atoms with Crippen molar-refractivity contribution in [3.05, 3.63) is 48.2 Å². The van der Waals surface area contributed by atoms with E-state index in [1.807, 2.05) is 16.9 Å². The molecule has 0 radical (unpaired) electrons. The maximum absolute atomic E-state index is 5.57. The van der Waals surface area contributed by atoms with E-state index < -0.39 is 0 Å². The van der Waals surface area contributed by atoms with Crippen LogP contribution in [0.4, 0.5) is 5.82 Å². The van der Waals surface area contributed by atoms with Crippen molar-refractivity contribution in [2.75, 3.05) is 25.9 Å². The number of nitrogens with two attached hydrogens (primary N) is 1. The molecule has 1 heterocycles. The topological polar surface area (TPSA) is 47.1 Å². The molecule has 0 aliphatic carbocycles. The minimum absolute atomic E-state index is 0.585. The first-order valence-electron chi connectivity index (χ1n) is 6.25. The molecule has 0 saturated heterocycles. The molecule has 4 heteroatoms. The third-order valence-corrected chi connectivity index (χ3v) is 3.00. The predicted octanol–water partition coefficient (Wildman–Crippen LogP) is 1.64. The van der Waals surface area contributed by atoms with Crippen LogP contribution < -0.4 is 5.73 Å². The Labute approximate surface area is 108 Å². The van der Waals surface area contributed by atoms with E-state index in [-0.39, 0.29) is 0 Å². The Morgan fingerprint density at radius 1 is 1.17 bits per heavy atom. The number of anilines is 1. The van der Waals surface area contributed by atoms with E-state index in [1.54, 1.807) is 0 Å². The largest absolute Gasteiger partial charge is 0.382 e. The molecule has 0 saturated carbocycles. The van der Waals surface area contributed by atoms with Crippen LogP contribution in [-0.2, 0) is 13.0 Å². The Balaban J connectivity index is 1.71. The summed E-state index contributed by atoms with van der Waals surface area (Å²) in [7, 11) is 2.13. The van der Waals surface area contributed by atoms with Crippen LogP contribution in [0.25, 0.3) is 0 Å². The molecule has 0 amide bonds. The van der Waals surface area contributed by atoms with E-state index in [1.165, 1.54) is 5.56 Å². The van der Waals surface area contributed by atoms with Crippen molar-refractivity contribution in [3.63, 3.8) is 0 Å². The number of likely N-dealkylation sites (N-methyl/N-ethyl adjacent to an activating group) is 1. The maximum atomic E-state index is 5.57. The molecule has 1 aromatic carbocycles.